The van der Waals surface area contributed by atoms with Crippen LogP contribution in [-0.2, 0) is 28.7 Å². The van der Waals surface area contributed by atoms with E-state index in [0.717, 1.165) is 16.9 Å². The molecule has 0 aliphatic heterocycles. The van der Waals surface area contributed by atoms with Gasteiger partial charge >= 0.3 is 0 Å². The van der Waals surface area contributed by atoms with Gasteiger partial charge in [-0.1, -0.05) is 30.8 Å². The highest BCUT2D eigenvalue weighted by atomic mass is 32.2. The predicted molar refractivity (Wildman–Crippen MR) is 103 cm³/mol. The Morgan fingerprint density at radius 3 is 2.27 bits per heavy atom. The zero-order valence-electron chi connectivity index (χ0n) is 14.6. The van der Waals surface area contributed by atoms with Crippen molar-refractivity contribution >= 4 is 22.5 Å². The monoisotopic (exact) mass is 374 g/mol. The first-order valence-electron chi connectivity index (χ1n) is 8.07. The van der Waals surface area contributed by atoms with Gasteiger partial charge in [-0.3, -0.25) is 9.10 Å². The third kappa shape index (κ3) is 5.63. The van der Waals surface area contributed by atoms with Gasteiger partial charge in [-0.05, 0) is 47.9 Å². The third-order valence-electron chi connectivity index (χ3n) is 3.82. The molecular weight excluding hydrogens is 352 g/mol. The maximum absolute atomic E-state index is 11.7. The molecule has 1 N–H and O–H groups in total. The molecule has 0 aromatic heterocycles. The van der Waals surface area contributed by atoms with E-state index in [1.54, 1.807) is 31.4 Å². The van der Waals surface area contributed by atoms with Crippen molar-refractivity contribution in [3.63, 3.8) is 0 Å². The molecule has 0 saturated carbocycles. The Kier molecular flexibility index (Phi) is 7.23. The number of hydrogen-bond donors (Lipinski definition) is 2. The van der Waals surface area contributed by atoms with E-state index in [1.165, 1.54) is 10.4 Å². The van der Waals surface area contributed by atoms with Gasteiger partial charge in [0.15, 0.2) is 0 Å². The Morgan fingerprint density at radius 1 is 1.12 bits per heavy atom. The number of rotatable bonds is 9. The second kappa shape index (κ2) is 9.62. The lowest BCUT2D eigenvalue weighted by Crippen LogP contribution is -2.23. The lowest BCUT2D eigenvalue weighted by atomic mass is 10.1. The molecule has 0 heterocycles. The number of thiol groups is 1. The van der Waals surface area contributed by atoms with Crippen molar-refractivity contribution in [3.05, 3.63) is 72.3 Å². The van der Waals surface area contributed by atoms with E-state index in [0.29, 0.717) is 18.7 Å². The zero-order chi connectivity index (χ0) is 18.9. The summed E-state index contributed by atoms with van der Waals surface area (Å²) in [5.74, 6) is 0.510. The quantitative estimate of drug-likeness (QED) is 0.520. The Balaban J connectivity index is 2.04. The van der Waals surface area contributed by atoms with Gasteiger partial charge in [0, 0.05) is 6.54 Å². The molecule has 138 valence electrons. The molecule has 0 fully saturated rings. The summed E-state index contributed by atoms with van der Waals surface area (Å²) in [6.45, 7) is 4.14. The smallest absolute Gasteiger partial charge is 0.243 e. The minimum atomic E-state index is -2.77. The first-order valence-corrected chi connectivity index (χ1v) is 9.20. The Bertz CT molecular complexity index is 806. The van der Waals surface area contributed by atoms with E-state index in [4.69, 9.17) is 4.74 Å². The number of nitrogens with zero attached hydrogens (tertiary/aromatic N) is 1. The number of nitrogens with one attached hydrogen (secondary N) is 1. The second-order valence-electron chi connectivity index (χ2n) is 5.56. The number of carbonyl (C=O) groups excluding carboxylic acids is 1. The number of ether oxygens (including phenoxy) is 1. The van der Waals surface area contributed by atoms with Crippen LogP contribution in [-0.4, -0.2) is 28.0 Å². The van der Waals surface area contributed by atoms with Crippen LogP contribution in [0.5, 0.6) is 5.75 Å². The number of carbonyl (C=O) groups is 1. The van der Waals surface area contributed by atoms with Crippen LogP contribution in [0.1, 0.15) is 11.1 Å². The molecule has 6 nitrogen and oxygen atoms in total. The Labute approximate surface area is 155 Å². The lowest BCUT2D eigenvalue weighted by Gasteiger charge is -2.18. The number of benzene rings is 2. The molecule has 0 atom stereocenters. The van der Waals surface area contributed by atoms with Crippen molar-refractivity contribution in [1.29, 1.82) is 0 Å². The van der Waals surface area contributed by atoms with E-state index >= 15 is 0 Å². The fourth-order valence-electron chi connectivity index (χ4n) is 2.38. The number of methoxy groups -OCH3 is 1. The summed E-state index contributed by atoms with van der Waals surface area (Å²) in [7, 11) is -1.19. The first-order chi connectivity index (χ1) is 12.5. The van der Waals surface area contributed by atoms with Crippen LogP contribution in [0.25, 0.3) is 0 Å². The molecule has 0 spiro atoms. The van der Waals surface area contributed by atoms with E-state index in [1.807, 2.05) is 24.3 Å². The van der Waals surface area contributed by atoms with Crippen LogP contribution in [0.2, 0.25) is 0 Å². The fourth-order valence-corrected chi connectivity index (χ4v) is 2.98. The van der Waals surface area contributed by atoms with Crippen molar-refractivity contribution < 1.29 is 17.9 Å². The average molecular weight is 374 g/mol. The van der Waals surface area contributed by atoms with E-state index in [-0.39, 0.29) is 12.5 Å². The normalized spacial score (nSPS) is 10.4. The van der Waals surface area contributed by atoms with Crippen molar-refractivity contribution in [2.24, 2.45) is 0 Å². The summed E-state index contributed by atoms with van der Waals surface area (Å²) < 4.78 is 29.8. The van der Waals surface area contributed by atoms with E-state index in [9.17, 15) is 13.2 Å². The highest BCUT2D eigenvalue weighted by molar-refractivity contribution is 7.74. The molecule has 0 saturated heterocycles. The van der Waals surface area contributed by atoms with Gasteiger partial charge in [0.1, 0.15) is 5.75 Å². The highest BCUT2D eigenvalue weighted by Crippen LogP contribution is 2.20. The maximum Gasteiger partial charge on any atom is 0.243 e. The molecule has 0 aliphatic rings. The summed E-state index contributed by atoms with van der Waals surface area (Å²) in [6, 6.07) is 14.5. The molecule has 1 amide bonds. The van der Waals surface area contributed by atoms with Gasteiger partial charge in [-0.25, -0.2) is 8.42 Å². The summed E-state index contributed by atoms with van der Waals surface area (Å²) in [6.07, 6.45) is 1.88. The molecular formula is C19H22N2O4S. The molecule has 0 aliphatic carbocycles. The standard InChI is InChI=1S/C19H22N2O4S/c1-3-19(22)20-13-12-15-4-8-17(9-5-15)21(26(23)24)14-16-6-10-18(25-2)11-7-16/h3-11,26H,1,12-14H2,2H3,(H,20,22). The van der Waals surface area contributed by atoms with Crippen molar-refractivity contribution in [2.75, 3.05) is 18.0 Å². The average Bonchev–Trinajstić information content (AvgIpc) is 2.67. The fraction of sp³-hybridized carbons (Fsp3) is 0.211. The first kappa shape index (κ1) is 19.5. The van der Waals surface area contributed by atoms with Crippen molar-refractivity contribution in [1.82, 2.24) is 5.32 Å². The Hall–Kier alpha value is -2.80. The summed E-state index contributed by atoms with van der Waals surface area (Å²) in [5.41, 5.74) is 2.46. The predicted octanol–water partition coefficient (Wildman–Crippen LogP) is 2.07. The van der Waals surface area contributed by atoms with E-state index in [2.05, 4.69) is 11.9 Å². The number of hydrogen-bond acceptors (Lipinski definition) is 4. The van der Waals surface area contributed by atoms with Crippen LogP contribution in [0.4, 0.5) is 5.69 Å². The second-order valence-corrected chi connectivity index (χ2v) is 6.51. The van der Waals surface area contributed by atoms with Crippen LogP contribution in [0, 0.1) is 0 Å². The van der Waals surface area contributed by atoms with Crippen LogP contribution in [0.15, 0.2) is 61.2 Å². The number of anilines is 1. The molecule has 0 bridgehead atoms. The molecule has 26 heavy (non-hydrogen) atoms. The molecule has 2 rings (SSSR count). The molecule has 0 radical (unpaired) electrons. The largest absolute Gasteiger partial charge is 0.497 e. The van der Waals surface area contributed by atoms with Crippen LogP contribution >= 0.6 is 0 Å². The van der Waals surface area contributed by atoms with Crippen LogP contribution in [0.3, 0.4) is 0 Å². The van der Waals surface area contributed by atoms with Crippen LogP contribution < -0.4 is 14.4 Å². The van der Waals surface area contributed by atoms with Gasteiger partial charge in [0.25, 0.3) is 0 Å². The minimum absolute atomic E-state index is 0.212. The van der Waals surface area contributed by atoms with Gasteiger partial charge in [0.05, 0.1) is 19.3 Å². The zero-order valence-corrected chi connectivity index (χ0v) is 15.4. The SMILES string of the molecule is C=CC(=O)NCCc1ccc(N(Cc2ccc(OC)cc2)[SH](=O)=O)cc1. The molecule has 2 aromatic carbocycles. The maximum atomic E-state index is 11.7. The Morgan fingerprint density at radius 2 is 1.73 bits per heavy atom. The third-order valence-corrected chi connectivity index (χ3v) is 4.59. The molecule has 0 unspecified atom stereocenters. The van der Waals surface area contributed by atoms with Gasteiger partial charge in [0.2, 0.25) is 16.8 Å². The van der Waals surface area contributed by atoms with Gasteiger partial charge < -0.3 is 10.1 Å². The molecule has 7 heteroatoms. The van der Waals surface area contributed by atoms with Gasteiger partial charge in [-0.15, -0.1) is 0 Å². The summed E-state index contributed by atoms with van der Waals surface area (Å²) in [5, 5.41) is 2.70. The van der Waals surface area contributed by atoms with E-state index < -0.39 is 10.9 Å². The lowest BCUT2D eigenvalue weighted by molar-refractivity contribution is -0.116. The highest BCUT2D eigenvalue weighted by Gasteiger charge is 2.10. The minimum Gasteiger partial charge on any atom is -0.497 e. The summed E-state index contributed by atoms with van der Waals surface area (Å²) in [4.78, 5) is 11.1. The van der Waals surface area contributed by atoms with Crippen molar-refractivity contribution in [2.45, 2.75) is 13.0 Å². The van der Waals surface area contributed by atoms with Crippen molar-refractivity contribution in [3.8, 4) is 5.75 Å². The van der Waals surface area contributed by atoms with Gasteiger partial charge in [-0.2, -0.15) is 0 Å². The molecule has 2 aromatic rings. The summed E-state index contributed by atoms with van der Waals surface area (Å²) >= 11 is 0. The number of amides is 1. The topological polar surface area (TPSA) is 75.7 Å².